The Morgan fingerprint density at radius 2 is 1.92 bits per heavy atom. The van der Waals surface area contributed by atoms with Crippen LogP contribution in [0, 0.1) is 6.92 Å². The summed E-state index contributed by atoms with van der Waals surface area (Å²) in [5.74, 6) is 0.131. The highest BCUT2D eigenvalue weighted by Gasteiger charge is 2.20. The van der Waals surface area contributed by atoms with E-state index in [0.717, 1.165) is 5.56 Å². The molecule has 0 aliphatic heterocycles. The summed E-state index contributed by atoms with van der Waals surface area (Å²) >= 11 is 0. The molecule has 1 heterocycles. The van der Waals surface area contributed by atoms with Gasteiger partial charge in [-0.25, -0.2) is 9.48 Å². The Labute approximate surface area is 146 Å². The minimum atomic E-state index is -0.941. The molecule has 1 unspecified atom stereocenters. The van der Waals surface area contributed by atoms with Gasteiger partial charge < -0.3 is 14.8 Å². The number of carbonyl (C=O) groups is 2. The van der Waals surface area contributed by atoms with Crippen LogP contribution in [0.4, 0.5) is 5.82 Å². The Bertz CT molecular complexity index is 739. The minimum Gasteiger partial charge on any atom is -0.482 e. The molecule has 1 aromatic carbocycles. The molecule has 0 saturated carbocycles. The number of para-hydroxylation sites is 1. The van der Waals surface area contributed by atoms with E-state index in [2.05, 4.69) is 10.4 Å². The summed E-state index contributed by atoms with van der Waals surface area (Å²) < 4.78 is 12.2. The maximum Gasteiger partial charge on any atom is 0.344 e. The molecule has 0 spiro atoms. The number of ether oxygens (including phenoxy) is 2. The van der Waals surface area contributed by atoms with Gasteiger partial charge in [0.25, 0.3) is 5.91 Å². The van der Waals surface area contributed by atoms with Gasteiger partial charge in [-0.2, -0.15) is 5.10 Å². The molecule has 134 valence electrons. The number of rotatable bonds is 7. The predicted molar refractivity (Wildman–Crippen MR) is 93.5 cm³/mol. The van der Waals surface area contributed by atoms with Crippen molar-refractivity contribution in [3.8, 4) is 5.75 Å². The third-order valence-electron chi connectivity index (χ3n) is 3.53. The van der Waals surface area contributed by atoms with Crippen molar-refractivity contribution in [3.63, 3.8) is 0 Å². The zero-order valence-electron chi connectivity index (χ0n) is 14.9. The fourth-order valence-corrected chi connectivity index (χ4v) is 2.19. The lowest BCUT2D eigenvalue weighted by Crippen LogP contribution is -2.32. The lowest BCUT2D eigenvalue weighted by molar-refractivity contribution is -0.155. The molecule has 2 aromatic rings. The van der Waals surface area contributed by atoms with E-state index in [1.807, 2.05) is 39.0 Å². The van der Waals surface area contributed by atoms with E-state index in [4.69, 9.17) is 9.47 Å². The first kappa shape index (κ1) is 18.5. The van der Waals surface area contributed by atoms with Crippen LogP contribution in [0.25, 0.3) is 0 Å². The number of carbonyl (C=O) groups excluding carboxylic acids is 2. The summed E-state index contributed by atoms with van der Waals surface area (Å²) in [7, 11) is 0. The molecule has 0 fully saturated rings. The van der Waals surface area contributed by atoms with Crippen LogP contribution in [-0.2, 0) is 14.3 Å². The molecule has 1 atom stereocenters. The summed E-state index contributed by atoms with van der Waals surface area (Å²) in [4.78, 5) is 24.1. The van der Waals surface area contributed by atoms with Gasteiger partial charge in [0.05, 0.1) is 6.20 Å². The van der Waals surface area contributed by atoms with Gasteiger partial charge in [-0.3, -0.25) is 4.79 Å². The van der Waals surface area contributed by atoms with Crippen molar-refractivity contribution in [2.75, 3.05) is 11.9 Å². The van der Waals surface area contributed by atoms with E-state index in [1.165, 1.54) is 6.92 Å². The third kappa shape index (κ3) is 5.07. The van der Waals surface area contributed by atoms with Crippen molar-refractivity contribution in [1.29, 1.82) is 0 Å². The van der Waals surface area contributed by atoms with Crippen LogP contribution in [0.3, 0.4) is 0 Å². The normalized spacial score (nSPS) is 11.9. The van der Waals surface area contributed by atoms with E-state index in [-0.39, 0.29) is 12.6 Å². The zero-order chi connectivity index (χ0) is 18.4. The van der Waals surface area contributed by atoms with Gasteiger partial charge in [0.15, 0.2) is 12.7 Å². The smallest absolute Gasteiger partial charge is 0.344 e. The van der Waals surface area contributed by atoms with Crippen LogP contribution in [0.2, 0.25) is 0 Å². The molecular weight excluding hydrogens is 322 g/mol. The Balaban J connectivity index is 1.85. The number of hydrogen-bond acceptors (Lipinski definition) is 5. The second-order valence-corrected chi connectivity index (χ2v) is 5.93. The summed E-state index contributed by atoms with van der Waals surface area (Å²) in [5, 5.41) is 6.84. The summed E-state index contributed by atoms with van der Waals surface area (Å²) in [6.07, 6.45) is 0.658. The van der Waals surface area contributed by atoms with Crippen molar-refractivity contribution in [2.45, 2.75) is 39.8 Å². The van der Waals surface area contributed by atoms with Crippen molar-refractivity contribution in [3.05, 3.63) is 42.1 Å². The van der Waals surface area contributed by atoms with E-state index >= 15 is 0 Å². The lowest BCUT2D eigenvalue weighted by Gasteiger charge is -2.16. The number of aryl methyl sites for hydroxylation is 1. The Morgan fingerprint density at radius 3 is 2.60 bits per heavy atom. The van der Waals surface area contributed by atoms with E-state index in [9.17, 15) is 9.59 Å². The van der Waals surface area contributed by atoms with E-state index in [0.29, 0.717) is 11.6 Å². The standard InChI is InChI=1S/C18H23N3O4/c1-12(2)21-16(9-10-19-21)20-18(23)14(4)25-17(22)11-24-15-8-6-5-7-13(15)3/h5-10,12,14H,11H2,1-4H3,(H,20,23). The van der Waals surface area contributed by atoms with Crippen LogP contribution >= 0.6 is 0 Å². The molecule has 2 rings (SSSR count). The molecule has 7 nitrogen and oxygen atoms in total. The van der Waals surface area contributed by atoms with Gasteiger partial charge in [0.1, 0.15) is 11.6 Å². The van der Waals surface area contributed by atoms with Crippen LogP contribution in [0.15, 0.2) is 36.5 Å². The minimum absolute atomic E-state index is 0.102. The number of amides is 1. The topological polar surface area (TPSA) is 82.4 Å². The predicted octanol–water partition coefficient (Wildman–Crippen LogP) is 2.72. The number of anilines is 1. The van der Waals surface area contributed by atoms with Gasteiger partial charge in [-0.05, 0) is 39.3 Å². The SMILES string of the molecule is Cc1ccccc1OCC(=O)OC(C)C(=O)Nc1ccnn1C(C)C. The number of aromatic nitrogens is 2. The third-order valence-corrected chi connectivity index (χ3v) is 3.53. The fraction of sp³-hybridized carbons (Fsp3) is 0.389. The molecule has 1 amide bonds. The first-order valence-corrected chi connectivity index (χ1v) is 8.10. The second-order valence-electron chi connectivity index (χ2n) is 5.93. The molecule has 0 aliphatic carbocycles. The molecule has 0 bridgehead atoms. The number of benzene rings is 1. The molecule has 0 aliphatic rings. The van der Waals surface area contributed by atoms with Gasteiger partial charge >= 0.3 is 5.97 Å². The Kier molecular flexibility index (Phi) is 6.16. The Morgan fingerprint density at radius 1 is 1.20 bits per heavy atom. The summed E-state index contributed by atoms with van der Waals surface area (Å²) in [6, 6.07) is 9.15. The van der Waals surface area contributed by atoms with Crippen molar-refractivity contribution >= 4 is 17.7 Å². The number of nitrogens with zero attached hydrogens (tertiary/aromatic N) is 2. The maximum absolute atomic E-state index is 12.2. The van der Waals surface area contributed by atoms with Crippen molar-refractivity contribution < 1.29 is 19.1 Å². The highest BCUT2D eigenvalue weighted by Crippen LogP contribution is 2.16. The van der Waals surface area contributed by atoms with E-state index < -0.39 is 18.0 Å². The summed E-state index contributed by atoms with van der Waals surface area (Å²) in [5.41, 5.74) is 0.919. The molecule has 0 radical (unpaired) electrons. The number of esters is 1. The van der Waals surface area contributed by atoms with Crippen molar-refractivity contribution in [1.82, 2.24) is 9.78 Å². The maximum atomic E-state index is 12.2. The quantitative estimate of drug-likeness (QED) is 0.780. The van der Waals surface area contributed by atoms with Crippen LogP contribution < -0.4 is 10.1 Å². The molecule has 1 aromatic heterocycles. The number of hydrogen-bond donors (Lipinski definition) is 1. The fourth-order valence-electron chi connectivity index (χ4n) is 2.19. The zero-order valence-corrected chi connectivity index (χ0v) is 14.9. The van der Waals surface area contributed by atoms with Crippen LogP contribution in [-0.4, -0.2) is 34.4 Å². The van der Waals surface area contributed by atoms with E-state index in [1.54, 1.807) is 23.0 Å². The van der Waals surface area contributed by atoms with Gasteiger partial charge in [0.2, 0.25) is 0 Å². The van der Waals surface area contributed by atoms with Crippen LogP contribution in [0.1, 0.15) is 32.4 Å². The monoisotopic (exact) mass is 345 g/mol. The van der Waals surface area contributed by atoms with Crippen molar-refractivity contribution in [2.24, 2.45) is 0 Å². The largest absolute Gasteiger partial charge is 0.482 e. The highest BCUT2D eigenvalue weighted by atomic mass is 16.6. The average Bonchev–Trinajstić information content (AvgIpc) is 3.02. The molecular formula is C18H23N3O4. The summed E-state index contributed by atoms with van der Waals surface area (Å²) in [6.45, 7) is 7.04. The molecule has 7 heteroatoms. The number of nitrogens with one attached hydrogen (secondary N) is 1. The molecule has 1 N–H and O–H groups in total. The average molecular weight is 345 g/mol. The van der Waals surface area contributed by atoms with Gasteiger partial charge in [0, 0.05) is 12.1 Å². The first-order chi connectivity index (χ1) is 11.9. The molecule has 0 saturated heterocycles. The first-order valence-electron chi connectivity index (χ1n) is 8.10. The Hall–Kier alpha value is -2.83. The van der Waals surface area contributed by atoms with Gasteiger partial charge in [-0.1, -0.05) is 18.2 Å². The lowest BCUT2D eigenvalue weighted by atomic mass is 10.2. The van der Waals surface area contributed by atoms with Crippen LogP contribution in [0.5, 0.6) is 5.75 Å². The second kappa shape index (κ2) is 8.32. The highest BCUT2D eigenvalue weighted by molar-refractivity contribution is 5.94. The van der Waals surface area contributed by atoms with Gasteiger partial charge in [-0.15, -0.1) is 0 Å². The molecule has 25 heavy (non-hydrogen) atoms.